The summed E-state index contributed by atoms with van der Waals surface area (Å²) >= 11 is 0. The van der Waals surface area contributed by atoms with Crippen LogP contribution in [0.2, 0.25) is 0 Å². The number of carbonyl (C=O) groups is 2. The minimum atomic E-state index is -1.10. The Morgan fingerprint density at radius 2 is 1.69 bits per heavy atom. The third-order valence-electron chi connectivity index (χ3n) is 8.50. The number of hydrogen-bond donors (Lipinski definition) is 0. The second-order valence-electron chi connectivity index (χ2n) is 11.1. The Morgan fingerprint density at radius 3 is 2.31 bits per heavy atom. The molecule has 6 nitrogen and oxygen atoms in total. The molecule has 0 aromatic heterocycles. The molecule has 2 aromatic carbocycles. The average Bonchev–Trinajstić information content (AvgIpc) is 3.47. The van der Waals surface area contributed by atoms with Crippen LogP contribution in [0.1, 0.15) is 75.2 Å². The monoisotopic (exact) mass is 533 g/mol. The zero-order valence-corrected chi connectivity index (χ0v) is 23.4. The van der Waals surface area contributed by atoms with Crippen molar-refractivity contribution in [3.05, 3.63) is 53.6 Å². The molecule has 0 aliphatic carbocycles. The maximum Gasteiger partial charge on any atom is 0.254 e. The quantitative estimate of drug-likeness (QED) is 0.372. The van der Waals surface area contributed by atoms with Crippen molar-refractivity contribution in [3.8, 4) is 22.9 Å². The van der Waals surface area contributed by atoms with Crippen molar-refractivity contribution >= 4 is 11.7 Å². The fraction of sp³-hybridized carbons (Fsp3) is 0.531. The molecule has 2 saturated heterocycles. The molecule has 0 radical (unpaired) electrons. The molecular formula is C32H40FN3O3. The molecule has 0 N–H and O–H groups in total. The van der Waals surface area contributed by atoms with Crippen molar-refractivity contribution in [2.24, 2.45) is 5.92 Å². The summed E-state index contributed by atoms with van der Waals surface area (Å²) in [5.74, 6) is 0.861. The summed E-state index contributed by atoms with van der Waals surface area (Å²) in [6, 6.07) is 14.8. The first kappa shape index (κ1) is 28.8. The molecule has 1 amide bonds. The van der Waals surface area contributed by atoms with Gasteiger partial charge < -0.3 is 14.5 Å². The number of nitriles is 1. The number of alkyl halides is 1. The number of likely N-dealkylation sites (tertiary alicyclic amines) is 2. The fourth-order valence-electron chi connectivity index (χ4n) is 5.72. The van der Waals surface area contributed by atoms with Crippen molar-refractivity contribution in [1.82, 2.24) is 9.80 Å². The van der Waals surface area contributed by atoms with E-state index in [9.17, 15) is 19.2 Å². The molecule has 7 heteroatoms. The summed E-state index contributed by atoms with van der Waals surface area (Å²) in [4.78, 5) is 28.7. The van der Waals surface area contributed by atoms with Gasteiger partial charge in [0.1, 0.15) is 17.5 Å². The lowest BCUT2D eigenvalue weighted by Gasteiger charge is -2.36. The number of halogens is 1. The Kier molecular flexibility index (Phi) is 9.40. The van der Waals surface area contributed by atoms with E-state index in [4.69, 9.17) is 4.74 Å². The minimum absolute atomic E-state index is 0.0288. The smallest absolute Gasteiger partial charge is 0.254 e. The summed E-state index contributed by atoms with van der Waals surface area (Å²) in [7, 11) is 0. The van der Waals surface area contributed by atoms with Crippen LogP contribution in [0.4, 0.5) is 4.39 Å². The van der Waals surface area contributed by atoms with E-state index in [-0.39, 0.29) is 17.7 Å². The van der Waals surface area contributed by atoms with E-state index in [1.54, 1.807) is 24.0 Å². The Hall–Kier alpha value is -3.24. The van der Waals surface area contributed by atoms with Gasteiger partial charge in [0, 0.05) is 18.7 Å². The van der Waals surface area contributed by atoms with Crippen molar-refractivity contribution in [2.75, 3.05) is 32.8 Å². The van der Waals surface area contributed by atoms with Crippen LogP contribution < -0.4 is 4.74 Å². The molecule has 0 saturated carbocycles. The maximum absolute atomic E-state index is 14.8. The lowest BCUT2D eigenvalue weighted by atomic mass is 9.94. The van der Waals surface area contributed by atoms with Crippen LogP contribution in [0.3, 0.4) is 0 Å². The number of ether oxygens (including phenoxy) is 1. The van der Waals surface area contributed by atoms with Crippen LogP contribution in [0.15, 0.2) is 42.5 Å². The normalized spacial score (nSPS) is 18.6. The molecule has 208 valence electrons. The van der Waals surface area contributed by atoms with Gasteiger partial charge in [-0.3, -0.25) is 9.59 Å². The van der Waals surface area contributed by atoms with Gasteiger partial charge in [0.25, 0.3) is 5.91 Å². The van der Waals surface area contributed by atoms with Gasteiger partial charge in [0.15, 0.2) is 5.78 Å². The van der Waals surface area contributed by atoms with E-state index >= 15 is 0 Å². The third-order valence-corrected chi connectivity index (χ3v) is 8.50. The van der Waals surface area contributed by atoms with E-state index in [2.05, 4.69) is 11.0 Å². The Bertz CT molecular complexity index is 1190. The summed E-state index contributed by atoms with van der Waals surface area (Å²) in [5.41, 5.74) is 1.69. The van der Waals surface area contributed by atoms with Crippen molar-refractivity contribution in [2.45, 2.75) is 71.0 Å². The van der Waals surface area contributed by atoms with Gasteiger partial charge in [-0.1, -0.05) is 32.0 Å². The number of Topliss-reactive ketones (excluding diaryl/α,β-unsaturated/α-hetero) is 1. The molecule has 2 fully saturated rings. The number of rotatable bonds is 10. The number of piperidine rings is 1. The van der Waals surface area contributed by atoms with Crippen LogP contribution in [0.5, 0.6) is 5.75 Å². The van der Waals surface area contributed by atoms with Crippen LogP contribution in [0.25, 0.3) is 11.1 Å². The van der Waals surface area contributed by atoms with E-state index in [1.165, 1.54) is 0 Å². The summed E-state index contributed by atoms with van der Waals surface area (Å²) in [5, 5.41) is 9.77. The Labute approximate surface area is 231 Å². The molecule has 0 bridgehead atoms. The molecule has 2 aliphatic heterocycles. The summed E-state index contributed by atoms with van der Waals surface area (Å²) in [6.07, 6.45) is 4.57. The highest BCUT2D eigenvalue weighted by Crippen LogP contribution is 2.30. The van der Waals surface area contributed by atoms with Gasteiger partial charge in [-0.15, -0.1) is 0 Å². The molecule has 2 aromatic rings. The molecule has 2 aliphatic rings. The lowest BCUT2D eigenvalue weighted by Crippen LogP contribution is -2.44. The van der Waals surface area contributed by atoms with Crippen molar-refractivity contribution in [3.63, 3.8) is 0 Å². The lowest BCUT2D eigenvalue weighted by molar-refractivity contribution is -0.120. The average molecular weight is 534 g/mol. The second kappa shape index (κ2) is 12.7. The highest BCUT2D eigenvalue weighted by atomic mass is 19.1. The van der Waals surface area contributed by atoms with E-state index in [0.29, 0.717) is 55.3 Å². The highest BCUT2D eigenvalue weighted by molar-refractivity contribution is 5.98. The molecule has 1 atom stereocenters. The number of amides is 1. The number of hydrogen-bond acceptors (Lipinski definition) is 5. The first-order valence-corrected chi connectivity index (χ1v) is 14.3. The number of ketones is 1. The van der Waals surface area contributed by atoms with Gasteiger partial charge in [-0.25, -0.2) is 4.39 Å². The van der Waals surface area contributed by atoms with Gasteiger partial charge in [0.05, 0.1) is 18.2 Å². The minimum Gasteiger partial charge on any atom is -0.492 e. The molecule has 39 heavy (non-hydrogen) atoms. The zero-order chi connectivity index (χ0) is 28.0. The van der Waals surface area contributed by atoms with E-state index < -0.39 is 5.67 Å². The number of nitrogens with zero attached hydrogens (tertiary/aromatic N) is 3. The highest BCUT2D eigenvalue weighted by Gasteiger charge is 2.32. The van der Waals surface area contributed by atoms with E-state index in [0.717, 1.165) is 49.9 Å². The fourth-order valence-corrected chi connectivity index (χ4v) is 5.72. The van der Waals surface area contributed by atoms with Crippen molar-refractivity contribution < 1.29 is 18.7 Å². The molecular weight excluding hydrogens is 493 g/mol. The van der Waals surface area contributed by atoms with E-state index in [1.807, 2.05) is 44.2 Å². The van der Waals surface area contributed by atoms with Crippen LogP contribution in [-0.4, -0.2) is 66.0 Å². The second-order valence-corrected chi connectivity index (χ2v) is 11.1. The predicted molar refractivity (Wildman–Crippen MR) is 150 cm³/mol. The maximum atomic E-state index is 14.8. The molecule has 2 heterocycles. The van der Waals surface area contributed by atoms with Crippen LogP contribution in [0, 0.1) is 17.2 Å². The predicted octanol–water partition coefficient (Wildman–Crippen LogP) is 6.04. The first-order valence-electron chi connectivity index (χ1n) is 14.3. The van der Waals surface area contributed by atoms with Crippen LogP contribution >= 0.6 is 0 Å². The molecule has 4 rings (SSSR count). The van der Waals surface area contributed by atoms with Crippen molar-refractivity contribution in [1.29, 1.82) is 5.26 Å². The van der Waals surface area contributed by atoms with Gasteiger partial charge >= 0.3 is 0 Å². The molecule has 0 spiro atoms. The number of carbonyl (C=O) groups excluding carboxylic acids is 2. The standard InChI is InChI=1S/C32H40FN3O3/c1-4-32(33,5-2)22-35-17-14-24(15-18-35)21-39-30-13-12-27(19-28(30)20-34)25-8-10-26(11-9-25)31(38)36-16-6-7-29(36)23(3)37/h8-13,19,24,29H,4-7,14-18,21-22H2,1-3H3. The first-order chi connectivity index (χ1) is 18.8. The van der Waals surface area contributed by atoms with Gasteiger partial charge in [0.2, 0.25) is 0 Å². The largest absolute Gasteiger partial charge is 0.492 e. The zero-order valence-electron chi connectivity index (χ0n) is 23.4. The topological polar surface area (TPSA) is 73.6 Å². The number of benzene rings is 2. The molecule has 1 unspecified atom stereocenters. The van der Waals surface area contributed by atoms with Gasteiger partial charge in [-0.2, -0.15) is 5.26 Å². The Morgan fingerprint density at radius 1 is 1.03 bits per heavy atom. The Balaban J connectivity index is 1.34. The van der Waals surface area contributed by atoms with Crippen LogP contribution in [-0.2, 0) is 4.79 Å². The summed E-state index contributed by atoms with van der Waals surface area (Å²) < 4.78 is 20.9. The van der Waals surface area contributed by atoms with Gasteiger partial charge in [-0.05, 0) is 99.8 Å². The SMILES string of the molecule is CCC(F)(CC)CN1CCC(COc2ccc(-c3ccc(C(=O)N4CCCC4C(C)=O)cc3)cc2C#N)CC1. The summed E-state index contributed by atoms with van der Waals surface area (Å²) in [6.45, 7) is 8.76. The third kappa shape index (κ3) is 6.86.